The van der Waals surface area contributed by atoms with Gasteiger partial charge in [-0.25, -0.2) is 0 Å². The van der Waals surface area contributed by atoms with E-state index in [2.05, 4.69) is 46.8 Å². The third-order valence-electron chi connectivity index (χ3n) is 3.81. The van der Waals surface area contributed by atoms with Gasteiger partial charge in [0, 0.05) is 19.7 Å². The highest BCUT2D eigenvalue weighted by atomic mass is 16.7. The van der Waals surface area contributed by atoms with Gasteiger partial charge in [-0.3, -0.25) is 4.99 Å². The molecule has 1 heterocycles. The minimum absolute atomic E-state index is 0.267. The van der Waals surface area contributed by atoms with E-state index in [1.54, 1.807) is 7.05 Å². The van der Waals surface area contributed by atoms with Crippen molar-refractivity contribution in [1.29, 1.82) is 0 Å². The molecule has 25 heavy (non-hydrogen) atoms. The quantitative estimate of drug-likeness (QED) is 0.480. The molecule has 132 valence electrons. The fraction of sp³-hybridized carbons (Fsp3) is 0.316. The van der Waals surface area contributed by atoms with Crippen molar-refractivity contribution in [1.82, 2.24) is 10.6 Å². The first-order valence-corrected chi connectivity index (χ1v) is 8.27. The van der Waals surface area contributed by atoms with Gasteiger partial charge in [0.25, 0.3) is 0 Å². The molecule has 0 unspecified atom stereocenters. The molecule has 1 aliphatic rings. The molecule has 2 aromatic carbocycles. The minimum atomic E-state index is 0.267. The molecule has 0 amide bonds. The number of aryl methyl sites for hydroxylation is 1. The topological polar surface area (TPSA) is 64.1 Å². The average Bonchev–Trinajstić information content (AvgIpc) is 3.10. The molecule has 2 N–H and O–H groups in total. The molecule has 2 aromatic rings. The van der Waals surface area contributed by atoms with E-state index in [1.807, 2.05) is 18.2 Å². The lowest BCUT2D eigenvalue weighted by atomic mass is 10.1. The Morgan fingerprint density at radius 2 is 1.88 bits per heavy atom. The summed E-state index contributed by atoms with van der Waals surface area (Å²) in [7, 11) is 1.75. The van der Waals surface area contributed by atoms with E-state index >= 15 is 0 Å². The predicted molar refractivity (Wildman–Crippen MR) is 97.4 cm³/mol. The van der Waals surface area contributed by atoms with E-state index in [0.717, 1.165) is 29.8 Å². The molecule has 0 bridgehead atoms. The average molecular weight is 341 g/mol. The van der Waals surface area contributed by atoms with E-state index in [4.69, 9.17) is 14.2 Å². The van der Waals surface area contributed by atoms with Crippen LogP contribution in [0.25, 0.3) is 0 Å². The highest BCUT2D eigenvalue weighted by Gasteiger charge is 2.13. The maximum atomic E-state index is 5.72. The number of benzene rings is 2. The van der Waals surface area contributed by atoms with Gasteiger partial charge >= 0.3 is 0 Å². The van der Waals surface area contributed by atoms with Crippen molar-refractivity contribution in [2.75, 3.05) is 27.0 Å². The van der Waals surface area contributed by atoms with Crippen LogP contribution in [0, 0.1) is 6.92 Å². The van der Waals surface area contributed by atoms with Crippen LogP contribution in [0.1, 0.15) is 11.1 Å². The van der Waals surface area contributed by atoms with E-state index in [-0.39, 0.29) is 6.79 Å². The van der Waals surface area contributed by atoms with Crippen LogP contribution >= 0.6 is 0 Å². The first-order chi connectivity index (χ1) is 12.2. The van der Waals surface area contributed by atoms with Gasteiger partial charge in [0.05, 0.1) is 6.54 Å². The number of rotatable bonds is 6. The van der Waals surface area contributed by atoms with Crippen molar-refractivity contribution in [3.8, 4) is 17.2 Å². The van der Waals surface area contributed by atoms with Gasteiger partial charge < -0.3 is 24.8 Å². The number of nitrogens with one attached hydrogen (secondary N) is 2. The van der Waals surface area contributed by atoms with Crippen molar-refractivity contribution in [3.63, 3.8) is 0 Å². The molecule has 0 radical (unpaired) electrons. The van der Waals surface area contributed by atoms with Gasteiger partial charge in [0.2, 0.25) is 6.79 Å². The van der Waals surface area contributed by atoms with Crippen molar-refractivity contribution in [3.05, 3.63) is 53.6 Å². The summed E-state index contributed by atoms with van der Waals surface area (Å²) in [6.45, 7) is 4.23. The summed E-state index contributed by atoms with van der Waals surface area (Å²) in [5, 5.41) is 6.52. The summed E-state index contributed by atoms with van der Waals surface area (Å²) < 4.78 is 16.3. The molecule has 0 atom stereocenters. The number of nitrogens with zero attached hydrogens (tertiary/aromatic N) is 1. The molecule has 6 heteroatoms. The standard InChI is InChI=1S/C19H23N3O3/c1-14-3-5-15(6-4-14)12-22-19(20-2)21-9-10-23-16-7-8-17-18(11-16)25-13-24-17/h3-8,11H,9-10,12-13H2,1-2H3,(H2,20,21,22). The Labute approximate surface area is 147 Å². The number of guanidine groups is 1. The van der Waals surface area contributed by atoms with Gasteiger partial charge in [-0.15, -0.1) is 0 Å². The fourth-order valence-electron chi connectivity index (χ4n) is 2.42. The van der Waals surface area contributed by atoms with E-state index in [9.17, 15) is 0 Å². The minimum Gasteiger partial charge on any atom is -0.492 e. The van der Waals surface area contributed by atoms with E-state index in [0.29, 0.717) is 13.2 Å². The van der Waals surface area contributed by atoms with Crippen LogP contribution in [0.15, 0.2) is 47.5 Å². The molecule has 3 rings (SSSR count). The Morgan fingerprint density at radius 3 is 2.68 bits per heavy atom. The Kier molecular flexibility index (Phi) is 5.61. The smallest absolute Gasteiger partial charge is 0.231 e. The molecular weight excluding hydrogens is 318 g/mol. The first kappa shape index (κ1) is 17.0. The van der Waals surface area contributed by atoms with E-state index < -0.39 is 0 Å². The summed E-state index contributed by atoms with van der Waals surface area (Å²) >= 11 is 0. The normalized spacial score (nSPS) is 12.8. The maximum Gasteiger partial charge on any atom is 0.231 e. The summed E-state index contributed by atoms with van der Waals surface area (Å²) in [6, 6.07) is 14.0. The third-order valence-corrected chi connectivity index (χ3v) is 3.81. The zero-order chi connectivity index (χ0) is 17.5. The molecule has 0 saturated carbocycles. The Hall–Kier alpha value is -2.89. The molecule has 1 aliphatic heterocycles. The Bertz CT molecular complexity index is 729. The number of aliphatic imine (C=N–C) groups is 1. The lowest BCUT2D eigenvalue weighted by Gasteiger charge is -2.13. The van der Waals surface area contributed by atoms with E-state index in [1.165, 1.54) is 11.1 Å². The van der Waals surface area contributed by atoms with Crippen LogP contribution in [-0.4, -0.2) is 33.0 Å². The second-order valence-corrected chi connectivity index (χ2v) is 5.70. The Balaban J connectivity index is 1.39. The van der Waals surface area contributed by atoms with Crippen LogP contribution in [0.5, 0.6) is 17.2 Å². The Morgan fingerprint density at radius 1 is 1.08 bits per heavy atom. The van der Waals surface area contributed by atoms with Gasteiger partial charge in [-0.2, -0.15) is 0 Å². The summed E-state index contributed by atoms with van der Waals surface area (Å²) in [4.78, 5) is 4.21. The number of ether oxygens (including phenoxy) is 3. The highest BCUT2D eigenvalue weighted by molar-refractivity contribution is 5.79. The molecule has 0 saturated heterocycles. The van der Waals surface area contributed by atoms with Gasteiger partial charge in [-0.05, 0) is 24.6 Å². The monoisotopic (exact) mass is 341 g/mol. The maximum absolute atomic E-state index is 5.72. The highest BCUT2D eigenvalue weighted by Crippen LogP contribution is 2.34. The number of hydrogen-bond donors (Lipinski definition) is 2. The largest absolute Gasteiger partial charge is 0.492 e. The van der Waals surface area contributed by atoms with Gasteiger partial charge in [0.1, 0.15) is 12.4 Å². The van der Waals surface area contributed by atoms with Crippen molar-refractivity contribution in [2.24, 2.45) is 4.99 Å². The predicted octanol–water partition coefficient (Wildman–Crippen LogP) is 2.47. The summed E-state index contributed by atoms with van der Waals surface area (Å²) in [6.07, 6.45) is 0. The van der Waals surface area contributed by atoms with Crippen molar-refractivity contribution in [2.45, 2.75) is 13.5 Å². The zero-order valence-electron chi connectivity index (χ0n) is 14.5. The van der Waals surface area contributed by atoms with Gasteiger partial charge in [-0.1, -0.05) is 29.8 Å². The second kappa shape index (κ2) is 8.28. The fourth-order valence-corrected chi connectivity index (χ4v) is 2.42. The lowest BCUT2D eigenvalue weighted by Crippen LogP contribution is -2.38. The van der Waals surface area contributed by atoms with Crippen LogP contribution in [0.4, 0.5) is 0 Å². The molecule has 0 aromatic heterocycles. The first-order valence-electron chi connectivity index (χ1n) is 8.27. The molecule has 0 aliphatic carbocycles. The van der Waals surface area contributed by atoms with Crippen LogP contribution in [0.3, 0.4) is 0 Å². The SMILES string of the molecule is CN=C(NCCOc1ccc2c(c1)OCO2)NCc1ccc(C)cc1. The lowest BCUT2D eigenvalue weighted by molar-refractivity contribution is 0.173. The van der Waals surface area contributed by atoms with Gasteiger partial charge in [0.15, 0.2) is 17.5 Å². The molecular formula is C19H23N3O3. The summed E-state index contributed by atoms with van der Waals surface area (Å²) in [5.74, 6) is 2.98. The zero-order valence-corrected chi connectivity index (χ0v) is 14.5. The van der Waals surface area contributed by atoms with Crippen LogP contribution < -0.4 is 24.8 Å². The second-order valence-electron chi connectivity index (χ2n) is 5.70. The molecule has 6 nitrogen and oxygen atoms in total. The number of hydrogen-bond acceptors (Lipinski definition) is 4. The summed E-state index contributed by atoms with van der Waals surface area (Å²) in [5.41, 5.74) is 2.47. The molecule has 0 fully saturated rings. The van der Waals surface area contributed by atoms with Crippen molar-refractivity contribution >= 4 is 5.96 Å². The van der Waals surface area contributed by atoms with Crippen LogP contribution in [0.2, 0.25) is 0 Å². The van der Waals surface area contributed by atoms with Crippen LogP contribution in [-0.2, 0) is 6.54 Å². The van der Waals surface area contributed by atoms with Crippen molar-refractivity contribution < 1.29 is 14.2 Å². The third kappa shape index (κ3) is 4.79. The molecule has 0 spiro atoms. The number of fused-ring (bicyclic) bond motifs is 1.